The van der Waals surface area contributed by atoms with E-state index in [-0.39, 0.29) is 12.5 Å². The van der Waals surface area contributed by atoms with Crippen LogP contribution < -0.4 is 22.4 Å². The molecular weight excluding hydrogens is 270 g/mol. The number of hydrazine groups is 1. The Balaban J connectivity index is 2.80. The number of nitrogens with two attached hydrogens (primary N) is 2. The lowest BCUT2D eigenvalue weighted by Crippen LogP contribution is -2.42. The van der Waals surface area contributed by atoms with Crippen LogP contribution in [0, 0.1) is 0 Å². The van der Waals surface area contributed by atoms with Crippen molar-refractivity contribution in [2.75, 3.05) is 13.6 Å². The molecule has 1 atom stereocenters. The molecule has 0 heterocycles. The van der Waals surface area contributed by atoms with Crippen LogP contribution in [0.2, 0.25) is 0 Å². The Kier molecular flexibility index (Phi) is 7.24. The van der Waals surface area contributed by atoms with Gasteiger partial charge in [0.1, 0.15) is 0 Å². The maximum atomic E-state index is 11.4. The summed E-state index contributed by atoms with van der Waals surface area (Å²) in [6.45, 7) is 0.498. The van der Waals surface area contributed by atoms with Gasteiger partial charge in [-0.15, -0.1) is 0 Å². The summed E-state index contributed by atoms with van der Waals surface area (Å²) in [4.78, 5) is 11.4. The van der Waals surface area contributed by atoms with Crippen molar-refractivity contribution in [3.05, 3.63) is 47.8 Å². The zero-order valence-corrected chi connectivity index (χ0v) is 12.1. The van der Waals surface area contributed by atoms with Crippen molar-refractivity contribution in [1.82, 2.24) is 15.8 Å². The van der Waals surface area contributed by atoms with Crippen molar-refractivity contribution in [2.24, 2.45) is 11.6 Å². The Morgan fingerprint density at radius 2 is 2.10 bits per heavy atom. The van der Waals surface area contributed by atoms with Crippen molar-refractivity contribution in [2.45, 2.75) is 18.9 Å². The number of nitrogens with one attached hydrogen (secondary N) is 2. The van der Waals surface area contributed by atoms with Gasteiger partial charge in [0.05, 0.1) is 12.5 Å². The fourth-order valence-corrected chi connectivity index (χ4v) is 1.98. The lowest BCUT2D eigenvalue weighted by molar-refractivity contribution is -0.130. The van der Waals surface area contributed by atoms with Gasteiger partial charge in [-0.2, -0.15) is 0 Å². The number of rotatable bonds is 8. The second-order valence-electron chi connectivity index (χ2n) is 4.76. The van der Waals surface area contributed by atoms with E-state index in [1.807, 2.05) is 30.3 Å². The average molecular weight is 293 g/mol. The average Bonchev–Trinajstić information content (AvgIpc) is 2.47. The van der Waals surface area contributed by atoms with Crippen LogP contribution in [0.25, 0.3) is 0 Å². The van der Waals surface area contributed by atoms with E-state index in [2.05, 4.69) is 5.32 Å². The SMILES string of the molecule is CNC/C(N)=C/N(N)C(CC(=O)NO)Cc1ccccc1. The zero-order chi connectivity index (χ0) is 15.7. The smallest absolute Gasteiger partial charge is 0.245 e. The molecule has 7 N–H and O–H groups in total. The molecule has 7 heteroatoms. The van der Waals surface area contributed by atoms with E-state index in [1.165, 1.54) is 5.01 Å². The number of amides is 1. The van der Waals surface area contributed by atoms with Gasteiger partial charge in [-0.25, -0.2) is 11.3 Å². The summed E-state index contributed by atoms with van der Waals surface area (Å²) in [5.74, 6) is 5.49. The van der Waals surface area contributed by atoms with E-state index in [4.69, 9.17) is 16.8 Å². The van der Waals surface area contributed by atoms with Crippen molar-refractivity contribution in [3.63, 3.8) is 0 Å². The molecular formula is C14H23N5O2. The number of carbonyl (C=O) groups is 1. The van der Waals surface area contributed by atoms with Crippen molar-refractivity contribution < 1.29 is 10.0 Å². The van der Waals surface area contributed by atoms with Crippen LogP contribution in [0.3, 0.4) is 0 Å². The fourth-order valence-electron chi connectivity index (χ4n) is 1.98. The summed E-state index contributed by atoms with van der Waals surface area (Å²) < 4.78 is 0. The Bertz CT molecular complexity index is 464. The highest BCUT2D eigenvalue weighted by molar-refractivity contribution is 5.75. The number of benzene rings is 1. The monoisotopic (exact) mass is 293 g/mol. The largest absolute Gasteiger partial charge is 0.400 e. The molecule has 0 spiro atoms. The number of hydrogen-bond donors (Lipinski definition) is 5. The molecule has 0 fully saturated rings. The molecule has 0 bridgehead atoms. The second kappa shape index (κ2) is 8.96. The topological polar surface area (TPSA) is 117 Å². The number of carbonyl (C=O) groups excluding carboxylic acids is 1. The minimum absolute atomic E-state index is 0.0607. The second-order valence-corrected chi connectivity index (χ2v) is 4.76. The molecule has 1 amide bonds. The Labute approximate surface area is 124 Å². The van der Waals surface area contributed by atoms with E-state index in [0.717, 1.165) is 5.56 Å². The summed E-state index contributed by atoms with van der Waals surface area (Å²) in [6.07, 6.45) is 2.22. The van der Waals surface area contributed by atoms with Crippen LogP contribution in [0.15, 0.2) is 42.2 Å². The van der Waals surface area contributed by atoms with Crippen molar-refractivity contribution in [3.8, 4) is 0 Å². The molecule has 0 aromatic heterocycles. The molecule has 7 nitrogen and oxygen atoms in total. The Hall–Kier alpha value is -2.09. The van der Waals surface area contributed by atoms with Gasteiger partial charge in [-0.1, -0.05) is 30.3 Å². The van der Waals surface area contributed by atoms with Crippen LogP contribution in [0.1, 0.15) is 12.0 Å². The maximum Gasteiger partial charge on any atom is 0.245 e. The van der Waals surface area contributed by atoms with Crippen molar-refractivity contribution >= 4 is 5.91 Å². The van der Waals surface area contributed by atoms with Gasteiger partial charge < -0.3 is 16.1 Å². The van der Waals surface area contributed by atoms with Crippen LogP contribution in [-0.4, -0.2) is 35.8 Å². The summed E-state index contributed by atoms with van der Waals surface area (Å²) >= 11 is 0. The first-order chi connectivity index (χ1) is 10.1. The zero-order valence-electron chi connectivity index (χ0n) is 12.1. The molecule has 1 unspecified atom stereocenters. The summed E-state index contributed by atoms with van der Waals surface area (Å²) in [5.41, 5.74) is 9.04. The first kappa shape index (κ1) is 17.0. The lowest BCUT2D eigenvalue weighted by atomic mass is 10.0. The third-order valence-electron chi connectivity index (χ3n) is 2.98. The summed E-state index contributed by atoms with van der Waals surface area (Å²) in [5, 5.41) is 13.0. The highest BCUT2D eigenvalue weighted by atomic mass is 16.5. The maximum absolute atomic E-state index is 11.4. The van der Waals surface area contributed by atoms with Gasteiger partial charge in [0, 0.05) is 18.4 Å². The predicted octanol–water partition coefficient (Wildman–Crippen LogP) is -0.312. The molecule has 1 aromatic rings. The van der Waals surface area contributed by atoms with E-state index < -0.39 is 5.91 Å². The molecule has 116 valence electrons. The van der Waals surface area contributed by atoms with Crippen LogP contribution in [0.5, 0.6) is 0 Å². The number of likely N-dealkylation sites (N-methyl/N-ethyl adjacent to an activating group) is 1. The van der Waals surface area contributed by atoms with Gasteiger partial charge >= 0.3 is 0 Å². The van der Waals surface area contributed by atoms with Gasteiger partial charge in [-0.05, 0) is 19.0 Å². The van der Waals surface area contributed by atoms with E-state index in [0.29, 0.717) is 18.7 Å². The van der Waals surface area contributed by atoms with Crippen LogP contribution >= 0.6 is 0 Å². The van der Waals surface area contributed by atoms with E-state index >= 15 is 0 Å². The Morgan fingerprint density at radius 3 is 2.67 bits per heavy atom. The lowest BCUT2D eigenvalue weighted by Gasteiger charge is -2.26. The van der Waals surface area contributed by atoms with Crippen molar-refractivity contribution in [1.29, 1.82) is 0 Å². The van der Waals surface area contributed by atoms with Gasteiger partial charge in [0.2, 0.25) is 5.91 Å². The molecule has 0 aliphatic rings. The first-order valence-corrected chi connectivity index (χ1v) is 6.67. The van der Waals surface area contributed by atoms with E-state index in [9.17, 15) is 4.79 Å². The molecule has 1 rings (SSSR count). The molecule has 0 saturated heterocycles. The quantitative estimate of drug-likeness (QED) is 0.255. The summed E-state index contributed by atoms with van der Waals surface area (Å²) in [7, 11) is 1.78. The first-order valence-electron chi connectivity index (χ1n) is 6.67. The van der Waals surface area contributed by atoms with Gasteiger partial charge in [0.25, 0.3) is 0 Å². The fraction of sp³-hybridized carbons (Fsp3) is 0.357. The van der Waals surface area contributed by atoms with Gasteiger partial charge in [-0.3, -0.25) is 10.0 Å². The highest BCUT2D eigenvalue weighted by Gasteiger charge is 2.18. The van der Waals surface area contributed by atoms with Crippen LogP contribution in [-0.2, 0) is 11.2 Å². The third kappa shape index (κ3) is 6.26. The molecule has 1 aromatic carbocycles. The molecule has 0 radical (unpaired) electrons. The molecule has 0 saturated carbocycles. The third-order valence-corrected chi connectivity index (χ3v) is 2.98. The van der Waals surface area contributed by atoms with Crippen LogP contribution in [0.4, 0.5) is 0 Å². The summed E-state index contributed by atoms with van der Waals surface area (Å²) in [6, 6.07) is 9.37. The molecule has 0 aliphatic carbocycles. The predicted molar refractivity (Wildman–Crippen MR) is 80.7 cm³/mol. The number of hydroxylamine groups is 1. The minimum atomic E-state index is -0.494. The normalized spacial score (nSPS) is 12.8. The standard InChI is InChI=1S/C14H23N5O2/c1-17-9-12(15)10-19(16)13(8-14(20)18-21)7-11-5-3-2-4-6-11/h2-6,10,13,17,21H,7-9,15-16H2,1H3,(H,18,20)/b12-10-. The highest BCUT2D eigenvalue weighted by Crippen LogP contribution is 2.11. The van der Waals surface area contributed by atoms with E-state index in [1.54, 1.807) is 18.7 Å². The van der Waals surface area contributed by atoms with Gasteiger partial charge in [0.15, 0.2) is 0 Å². The minimum Gasteiger partial charge on any atom is -0.400 e. The molecule has 21 heavy (non-hydrogen) atoms. The Morgan fingerprint density at radius 1 is 1.43 bits per heavy atom. The number of nitrogens with zero attached hydrogens (tertiary/aromatic N) is 1. The number of hydrogen-bond acceptors (Lipinski definition) is 6. The molecule has 0 aliphatic heterocycles.